The zero-order valence-corrected chi connectivity index (χ0v) is 12.7. The molecule has 0 spiro atoms. The fourth-order valence-corrected chi connectivity index (χ4v) is 2.32. The summed E-state index contributed by atoms with van der Waals surface area (Å²) in [6.45, 7) is 9.95. The summed E-state index contributed by atoms with van der Waals surface area (Å²) in [5.74, 6) is 0. The lowest BCUT2D eigenvalue weighted by Gasteiger charge is -2.32. The minimum absolute atomic E-state index is 0.0372. The van der Waals surface area contributed by atoms with Gasteiger partial charge in [-0.2, -0.15) is 5.10 Å². The smallest absolute Gasteiger partial charge is 0.268 e. The molecule has 2 rings (SSSR count). The van der Waals surface area contributed by atoms with Crippen LogP contribution in [-0.2, 0) is 6.54 Å². The predicted molar refractivity (Wildman–Crippen MR) is 81.2 cm³/mol. The maximum Gasteiger partial charge on any atom is 0.268 e. The summed E-state index contributed by atoms with van der Waals surface area (Å²) in [4.78, 5) is 16.7. The van der Waals surface area contributed by atoms with Gasteiger partial charge in [0.1, 0.15) is 0 Å². The highest BCUT2D eigenvalue weighted by Gasteiger charge is 2.13. The first kappa shape index (κ1) is 15.0. The molecule has 0 radical (unpaired) electrons. The number of aromatic nitrogens is 2. The third kappa shape index (κ3) is 4.31. The summed E-state index contributed by atoms with van der Waals surface area (Å²) >= 11 is 0. The molecule has 6 heteroatoms. The SMILES string of the molecule is CC(C)Nc1cnn(CCN2CCN(C)CC2)c(=O)c1. The number of hydrogen-bond acceptors (Lipinski definition) is 5. The van der Waals surface area contributed by atoms with E-state index in [2.05, 4.69) is 27.3 Å². The molecule has 112 valence electrons. The van der Waals surface area contributed by atoms with E-state index in [1.807, 2.05) is 13.8 Å². The van der Waals surface area contributed by atoms with Crippen LogP contribution in [0.4, 0.5) is 5.69 Å². The largest absolute Gasteiger partial charge is 0.381 e. The van der Waals surface area contributed by atoms with Crippen LogP contribution < -0.4 is 10.9 Å². The maximum absolute atomic E-state index is 12.0. The molecule has 1 aliphatic rings. The van der Waals surface area contributed by atoms with Gasteiger partial charge in [-0.15, -0.1) is 0 Å². The molecule has 1 fully saturated rings. The first-order valence-electron chi connectivity index (χ1n) is 7.29. The lowest BCUT2D eigenvalue weighted by molar-refractivity contribution is 0.148. The van der Waals surface area contributed by atoms with Crippen molar-refractivity contribution in [2.45, 2.75) is 26.4 Å². The average Bonchev–Trinajstić information content (AvgIpc) is 2.39. The second-order valence-electron chi connectivity index (χ2n) is 5.75. The molecule has 0 unspecified atom stereocenters. The van der Waals surface area contributed by atoms with E-state index in [1.165, 1.54) is 0 Å². The Kier molecular flexibility index (Phi) is 5.14. The van der Waals surface area contributed by atoms with Gasteiger partial charge < -0.3 is 10.2 Å². The molecule has 0 bridgehead atoms. The lowest BCUT2D eigenvalue weighted by Crippen LogP contribution is -2.46. The maximum atomic E-state index is 12.0. The van der Waals surface area contributed by atoms with E-state index >= 15 is 0 Å². The predicted octanol–water partition coefficient (Wildman–Crippen LogP) is 0.311. The van der Waals surface area contributed by atoms with E-state index < -0.39 is 0 Å². The van der Waals surface area contributed by atoms with Crippen molar-refractivity contribution in [1.29, 1.82) is 0 Å². The Balaban J connectivity index is 1.88. The molecule has 1 saturated heterocycles. The van der Waals surface area contributed by atoms with Crippen molar-refractivity contribution < 1.29 is 0 Å². The van der Waals surface area contributed by atoms with Crippen molar-refractivity contribution in [3.8, 4) is 0 Å². The van der Waals surface area contributed by atoms with Crippen LogP contribution in [0.25, 0.3) is 0 Å². The van der Waals surface area contributed by atoms with Gasteiger partial charge in [-0.25, -0.2) is 4.68 Å². The third-order valence-corrected chi connectivity index (χ3v) is 3.55. The highest BCUT2D eigenvalue weighted by atomic mass is 16.1. The summed E-state index contributed by atoms with van der Waals surface area (Å²) in [5.41, 5.74) is 0.755. The van der Waals surface area contributed by atoms with Crippen LogP contribution in [0.3, 0.4) is 0 Å². The Morgan fingerprint density at radius 2 is 1.95 bits per heavy atom. The summed E-state index contributed by atoms with van der Waals surface area (Å²) < 4.78 is 1.55. The van der Waals surface area contributed by atoms with Gasteiger partial charge in [0.2, 0.25) is 0 Å². The number of likely N-dealkylation sites (N-methyl/N-ethyl adjacent to an activating group) is 1. The van der Waals surface area contributed by atoms with Crippen LogP contribution in [0.2, 0.25) is 0 Å². The molecule has 0 atom stereocenters. The Morgan fingerprint density at radius 3 is 2.55 bits per heavy atom. The average molecular weight is 279 g/mol. The van der Waals surface area contributed by atoms with Crippen molar-refractivity contribution >= 4 is 5.69 Å². The molecule has 1 N–H and O–H groups in total. The normalized spacial score (nSPS) is 17.6. The highest BCUT2D eigenvalue weighted by molar-refractivity contribution is 5.39. The molecule has 6 nitrogen and oxygen atoms in total. The van der Waals surface area contributed by atoms with Crippen molar-refractivity contribution in [2.24, 2.45) is 0 Å². The van der Waals surface area contributed by atoms with Crippen molar-refractivity contribution in [1.82, 2.24) is 19.6 Å². The first-order chi connectivity index (χ1) is 9.54. The molecule has 0 amide bonds. The molecule has 0 aromatic carbocycles. The zero-order chi connectivity index (χ0) is 14.5. The Hall–Kier alpha value is -1.40. The number of nitrogens with one attached hydrogen (secondary N) is 1. The number of piperazine rings is 1. The summed E-state index contributed by atoms with van der Waals surface area (Å²) in [7, 11) is 2.14. The van der Waals surface area contributed by atoms with E-state index in [0.717, 1.165) is 38.4 Å². The van der Waals surface area contributed by atoms with Gasteiger partial charge in [-0.05, 0) is 20.9 Å². The Morgan fingerprint density at radius 1 is 1.25 bits per heavy atom. The molecule has 1 aliphatic heterocycles. The lowest BCUT2D eigenvalue weighted by atomic mass is 10.3. The van der Waals surface area contributed by atoms with E-state index in [1.54, 1.807) is 16.9 Å². The molecule has 1 aromatic rings. The van der Waals surface area contributed by atoms with E-state index in [-0.39, 0.29) is 5.56 Å². The van der Waals surface area contributed by atoms with Crippen molar-refractivity contribution in [3.05, 3.63) is 22.6 Å². The minimum Gasteiger partial charge on any atom is -0.381 e. The molecule has 0 saturated carbocycles. The number of anilines is 1. The summed E-state index contributed by atoms with van der Waals surface area (Å²) in [6, 6.07) is 1.93. The molecule has 20 heavy (non-hydrogen) atoms. The molecular weight excluding hydrogens is 254 g/mol. The fraction of sp³-hybridized carbons (Fsp3) is 0.714. The van der Waals surface area contributed by atoms with Gasteiger partial charge in [0, 0.05) is 44.8 Å². The quantitative estimate of drug-likeness (QED) is 0.841. The topological polar surface area (TPSA) is 53.4 Å². The van der Waals surface area contributed by atoms with Crippen LogP contribution in [0.15, 0.2) is 17.1 Å². The van der Waals surface area contributed by atoms with Crippen LogP contribution in [0, 0.1) is 0 Å². The van der Waals surface area contributed by atoms with Gasteiger partial charge in [0.05, 0.1) is 18.4 Å². The molecular formula is C14H25N5O. The zero-order valence-electron chi connectivity index (χ0n) is 12.7. The van der Waals surface area contributed by atoms with E-state index in [9.17, 15) is 4.79 Å². The second-order valence-corrected chi connectivity index (χ2v) is 5.75. The van der Waals surface area contributed by atoms with Crippen LogP contribution >= 0.6 is 0 Å². The third-order valence-electron chi connectivity index (χ3n) is 3.55. The Bertz CT molecular complexity index is 477. The number of nitrogens with zero attached hydrogens (tertiary/aromatic N) is 4. The van der Waals surface area contributed by atoms with Crippen LogP contribution in [-0.4, -0.2) is 65.4 Å². The number of hydrogen-bond donors (Lipinski definition) is 1. The first-order valence-corrected chi connectivity index (χ1v) is 7.29. The summed E-state index contributed by atoms with van der Waals surface area (Å²) in [5, 5.41) is 7.43. The second kappa shape index (κ2) is 6.85. The van der Waals surface area contributed by atoms with Crippen molar-refractivity contribution in [2.75, 3.05) is 45.1 Å². The van der Waals surface area contributed by atoms with E-state index in [0.29, 0.717) is 12.6 Å². The molecule has 2 heterocycles. The van der Waals surface area contributed by atoms with Gasteiger partial charge >= 0.3 is 0 Å². The van der Waals surface area contributed by atoms with Crippen molar-refractivity contribution in [3.63, 3.8) is 0 Å². The Labute approximate surface area is 120 Å². The summed E-state index contributed by atoms with van der Waals surface area (Å²) in [6.07, 6.45) is 1.73. The van der Waals surface area contributed by atoms with E-state index in [4.69, 9.17) is 0 Å². The fourth-order valence-electron chi connectivity index (χ4n) is 2.32. The number of rotatable bonds is 5. The van der Waals surface area contributed by atoms with Crippen LogP contribution in [0.1, 0.15) is 13.8 Å². The minimum atomic E-state index is -0.0372. The highest BCUT2D eigenvalue weighted by Crippen LogP contribution is 2.02. The van der Waals surface area contributed by atoms with Gasteiger partial charge in [-0.3, -0.25) is 9.69 Å². The van der Waals surface area contributed by atoms with Gasteiger partial charge in [-0.1, -0.05) is 0 Å². The standard InChI is InChI=1S/C14H25N5O/c1-12(2)16-13-10-14(20)19(15-11-13)9-8-18-6-4-17(3)5-7-18/h10-12,16H,4-9H2,1-3H3. The monoisotopic (exact) mass is 279 g/mol. The molecule has 0 aliphatic carbocycles. The van der Waals surface area contributed by atoms with Gasteiger partial charge in [0.25, 0.3) is 5.56 Å². The van der Waals surface area contributed by atoms with Gasteiger partial charge in [0.15, 0.2) is 0 Å². The van der Waals surface area contributed by atoms with Crippen LogP contribution in [0.5, 0.6) is 0 Å². The molecule has 1 aromatic heterocycles.